The second kappa shape index (κ2) is 15.3. The number of morpholine rings is 2. The maximum atomic E-state index is 14.7. The lowest BCUT2D eigenvalue weighted by molar-refractivity contribution is -0.194. The van der Waals surface area contributed by atoms with Crippen molar-refractivity contribution in [3.05, 3.63) is 59.7 Å². The maximum absolute atomic E-state index is 14.7. The molecule has 0 bridgehead atoms. The summed E-state index contributed by atoms with van der Waals surface area (Å²) < 4.78 is 25.7. The van der Waals surface area contributed by atoms with Crippen LogP contribution in [0.1, 0.15) is 85.3 Å². The van der Waals surface area contributed by atoms with Gasteiger partial charge in [-0.15, -0.1) is 0 Å². The molecule has 2 heterocycles. The molecule has 0 saturated carbocycles. The molecule has 50 heavy (non-hydrogen) atoms. The van der Waals surface area contributed by atoms with E-state index in [1.54, 1.807) is 52.0 Å². The van der Waals surface area contributed by atoms with Crippen LogP contribution in [0.5, 0.6) is 0 Å². The van der Waals surface area contributed by atoms with Crippen molar-refractivity contribution in [3.8, 4) is 0 Å². The number of amides is 3. The van der Waals surface area contributed by atoms with E-state index in [1.165, 1.54) is 16.7 Å². The highest BCUT2D eigenvalue weighted by Gasteiger charge is 2.58. The first-order chi connectivity index (χ1) is 23.3. The number of carbonyl (C=O) groups is 5. The highest BCUT2D eigenvalue weighted by atomic mass is 19.1. The Morgan fingerprint density at radius 2 is 1.14 bits per heavy atom. The summed E-state index contributed by atoms with van der Waals surface area (Å²) in [6.45, 7) is 14.9. The fraction of sp³-hybridized carbons (Fsp3) is 0.553. The van der Waals surface area contributed by atoms with Crippen molar-refractivity contribution >= 4 is 41.0 Å². The Labute approximate surface area is 294 Å². The lowest BCUT2D eigenvalue weighted by Crippen LogP contribution is -2.68. The Bertz CT molecular complexity index is 1570. The minimum atomic E-state index is -1.68. The lowest BCUT2D eigenvalue weighted by Gasteiger charge is -2.49. The van der Waals surface area contributed by atoms with Crippen molar-refractivity contribution in [2.75, 3.05) is 36.9 Å². The van der Waals surface area contributed by atoms with E-state index in [4.69, 9.17) is 9.47 Å². The summed E-state index contributed by atoms with van der Waals surface area (Å²) in [5.74, 6) is -6.77. The predicted molar refractivity (Wildman–Crippen MR) is 188 cm³/mol. The molecule has 2 N–H and O–H groups in total. The van der Waals surface area contributed by atoms with Gasteiger partial charge >= 0.3 is 11.9 Å². The number of nitrogens with zero attached hydrogens (tertiary/aromatic N) is 2. The Morgan fingerprint density at radius 3 is 1.54 bits per heavy atom. The number of hydrogen-bond acceptors (Lipinski definition) is 8. The van der Waals surface area contributed by atoms with E-state index in [1.807, 2.05) is 52.0 Å². The van der Waals surface area contributed by atoms with Crippen LogP contribution in [0.15, 0.2) is 48.5 Å². The highest BCUT2D eigenvalue weighted by Crippen LogP contribution is 2.37. The van der Waals surface area contributed by atoms with Gasteiger partial charge < -0.3 is 25.0 Å². The van der Waals surface area contributed by atoms with Crippen LogP contribution in [0, 0.1) is 11.8 Å². The van der Waals surface area contributed by atoms with Crippen LogP contribution in [0.2, 0.25) is 0 Å². The molecule has 2 saturated heterocycles. The number of esters is 2. The Hall–Kier alpha value is -4.32. The fourth-order valence-electron chi connectivity index (χ4n) is 6.81. The number of ether oxygens (including phenoxy) is 2. The molecule has 4 atom stereocenters. The molecule has 2 aliphatic heterocycles. The standard InChI is InChI=1S/C38H51FN4O7/c1-22(2)25-10-14-27(15-11-25)40-33(45)29(31-35(47)49-37(6,7)20-42(31)19-18-39)30(32-36(48)50-38(8,9)21-43(32)24(5)44)34(46)41-28-16-12-26(13-17-28)23(3)4/h10-17,22-23,29-32H,18-21H2,1-9H3,(H,40,45)(H,41,46). The van der Waals surface area contributed by atoms with Gasteiger partial charge in [0.05, 0.1) is 18.4 Å². The average molecular weight is 695 g/mol. The molecule has 2 aromatic carbocycles. The van der Waals surface area contributed by atoms with Gasteiger partial charge in [-0.05, 0) is 74.9 Å². The smallest absolute Gasteiger partial charge is 0.330 e. The number of benzene rings is 2. The zero-order chi connectivity index (χ0) is 37.1. The number of carbonyl (C=O) groups excluding carboxylic acids is 5. The molecule has 0 spiro atoms. The van der Waals surface area contributed by atoms with Crippen LogP contribution in [0.3, 0.4) is 0 Å². The number of anilines is 2. The summed E-state index contributed by atoms with van der Waals surface area (Å²) in [6, 6.07) is 11.1. The van der Waals surface area contributed by atoms with Gasteiger partial charge in [0.15, 0.2) is 0 Å². The lowest BCUT2D eigenvalue weighted by atomic mass is 9.76. The van der Waals surface area contributed by atoms with Crippen molar-refractivity contribution in [1.29, 1.82) is 0 Å². The quantitative estimate of drug-likeness (QED) is 0.304. The third-order valence-corrected chi connectivity index (χ3v) is 9.24. The molecule has 272 valence electrons. The van der Waals surface area contributed by atoms with Crippen LogP contribution in [0.4, 0.5) is 15.8 Å². The normalized spacial score (nSPS) is 21.6. The predicted octanol–water partition coefficient (Wildman–Crippen LogP) is 5.27. The van der Waals surface area contributed by atoms with E-state index >= 15 is 0 Å². The number of rotatable bonds is 11. The Balaban J connectivity index is 1.91. The van der Waals surface area contributed by atoms with Crippen molar-refractivity contribution < 1.29 is 37.8 Å². The van der Waals surface area contributed by atoms with Gasteiger partial charge in [-0.2, -0.15) is 0 Å². The van der Waals surface area contributed by atoms with Crippen molar-refractivity contribution in [2.24, 2.45) is 11.8 Å². The summed E-state index contributed by atoms with van der Waals surface area (Å²) in [5, 5.41) is 5.67. The van der Waals surface area contributed by atoms with Gasteiger partial charge in [0, 0.05) is 31.4 Å². The molecule has 0 aliphatic carbocycles. The molecule has 2 fully saturated rings. The van der Waals surface area contributed by atoms with Gasteiger partial charge in [-0.25, -0.2) is 9.18 Å². The third kappa shape index (κ3) is 8.88. The van der Waals surface area contributed by atoms with E-state index in [-0.39, 0.29) is 31.5 Å². The summed E-state index contributed by atoms with van der Waals surface area (Å²) in [4.78, 5) is 73.3. The number of cyclic esters (lactones) is 2. The van der Waals surface area contributed by atoms with Gasteiger partial charge in [0.2, 0.25) is 17.7 Å². The topological polar surface area (TPSA) is 134 Å². The molecule has 12 heteroatoms. The minimum absolute atomic E-state index is 0.0454. The molecular formula is C38H51FN4O7. The second-order valence-corrected chi connectivity index (χ2v) is 15.1. The summed E-state index contributed by atoms with van der Waals surface area (Å²) in [7, 11) is 0. The molecule has 4 rings (SSSR count). The molecule has 2 aromatic rings. The summed E-state index contributed by atoms with van der Waals surface area (Å²) >= 11 is 0. The molecule has 2 aliphatic rings. The molecule has 0 aromatic heterocycles. The monoisotopic (exact) mass is 694 g/mol. The van der Waals surface area contributed by atoms with Gasteiger partial charge in [-0.1, -0.05) is 52.0 Å². The molecule has 3 amide bonds. The number of halogens is 1. The fourth-order valence-corrected chi connectivity index (χ4v) is 6.81. The summed E-state index contributed by atoms with van der Waals surface area (Å²) in [5.41, 5.74) is 0.667. The average Bonchev–Trinajstić information content (AvgIpc) is 3.00. The first kappa shape index (κ1) is 38.5. The first-order valence-corrected chi connectivity index (χ1v) is 17.2. The molecule has 4 unspecified atom stereocenters. The Kier molecular flexibility index (Phi) is 11.8. The van der Waals surface area contributed by atoms with E-state index in [9.17, 15) is 28.4 Å². The number of hydrogen-bond donors (Lipinski definition) is 2. The SMILES string of the molecule is CC(=O)N1CC(C)(C)OC(=O)C1C(C(=O)Nc1ccc(C(C)C)cc1)C(C(=O)Nc1ccc(C(C)C)cc1)C1C(=O)OC(C)(C)CN1CCF. The van der Waals surface area contributed by atoms with Crippen LogP contribution in [-0.2, 0) is 33.4 Å². The Morgan fingerprint density at radius 1 is 0.740 bits per heavy atom. The van der Waals surface area contributed by atoms with E-state index in [0.717, 1.165) is 11.1 Å². The highest BCUT2D eigenvalue weighted by molar-refractivity contribution is 6.05. The molecule has 11 nitrogen and oxygen atoms in total. The second-order valence-electron chi connectivity index (χ2n) is 15.1. The van der Waals surface area contributed by atoms with Crippen molar-refractivity contribution in [3.63, 3.8) is 0 Å². The number of alkyl halides is 1. The molecule has 0 radical (unpaired) electrons. The number of nitrogens with one attached hydrogen (secondary N) is 2. The van der Waals surface area contributed by atoms with E-state index in [2.05, 4.69) is 10.6 Å². The van der Waals surface area contributed by atoms with Crippen LogP contribution < -0.4 is 10.6 Å². The van der Waals surface area contributed by atoms with Gasteiger partial charge in [0.25, 0.3) is 0 Å². The zero-order valence-electron chi connectivity index (χ0n) is 30.5. The van der Waals surface area contributed by atoms with Crippen molar-refractivity contribution in [2.45, 2.75) is 97.4 Å². The zero-order valence-corrected chi connectivity index (χ0v) is 30.5. The van der Waals surface area contributed by atoms with Crippen molar-refractivity contribution in [1.82, 2.24) is 9.80 Å². The van der Waals surface area contributed by atoms with Gasteiger partial charge in [-0.3, -0.25) is 24.1 Å². The maximum Gasteiger partial charge on any atom is 0.330 e. The molecular weight excluding hydrogens is 643 g/mol. The largest absolute Gasteiger partial charge is 0.457 e. The van der Waals surface area contributed by atoms with E-state index in [0.29, 0.717) is 11.4 Å². The summed E-state index contributed by atoms with van der Waals surface area (Å²) in [6.07, 6.45) is 0. The van der Waals surface area contributed by atoms with Crippen LogP contribution >= 0.6 is 0 Å². The first-order valence-electron chi connectivity index (χ1n) is 17.2. The minimum Gasteiger partial charge on any atom is -0.457 e. The van der Waals surface area contributed by atoms with Crippen LogP contribution in [-0.4, -0.2) is 89.1 Å². The van der Waals surface area contributed by atoms with E-state index < -0.39 is 71.5 Å². The van der Waals surface area contributed by atoms with Crippen LogP contribution in [0.25, 0.3) is 0 Å². The third-order valence-electron chi connectivity index (χ3n) is 9.24. The van der Waals surface area contributed by atoms with Gasteiger partial charge in [0.1, 0.15) is 30.0 Å².